The van der Waals surface area contributed by atoms with Crippen molar-refractivity contribution < 1.29 is 14.6 Å². The average Bonchev–Trinajstić information content (AvgIpc) is 3.31. The fourth-order valence-electron chi connectivity index (χ4n) is 4.29. The Kier molecular flexibility index (Phi) is 5.57. The van der Waals surface area contributed by atoms with E-state index >= 15 is 0 Å². The smallest absolute Gasteiger partial charge is 0.306 e. The third-order valence-corrected chi connectivity index (χ3v) is 6.13. The molecule has 5 rings (SSSR count). The van der Waals surface area contributed by atoms with Gasteiger partial charge in [0, 0.05) is 17.3 Å². The lowest BCUT2D eigenvalue weighted by Crippen LogP contribution is -2.12. The quantitative estimate of drug-likeness (QED) is 0.294. The molecule has 0 aliphatic heterocycles. The minimum atomic E-state index is -0.790. The van der Waals surface area contributed by atoms with Crippen LogP contribution in [0.15, 0.2) is 91.1 Å². The second-order valence-corrected chi connectivity index (χ2v) is 8.48. The van der Waals surface area contributed by atoms with Crippen molar-refractivity contribution in [2.45, 2.75) is 20.0 Å². The molecule has 0 aliphatic rings. The van der Waals surface area contributed by atoms with E-state index < -0.39 is 11.9 Å². The molecule has 1 aromatic heterocycles. The molecule has 1 atom stereocenters. The zero-order valence-electron chi connectivity index (χ0n) is 18.4. The Morgan fingerprint density at radius 3 is 2.67 bits per heavy atom. The SMILES string of the molecule is CC(Cc1ccc(OCc2cccc3ccccc23)c(-c2ccc3[nH]ccc3c2)c1)C(=O)O. The third-order valence-electron chi connectivity index (χ3n) is 6.13. The lowest BCUT2D eigenvalue weighted by molar-refractivity contribution is -0.141. The summed E-state index contributed by atoms with van der Waals surface area (Å²) in [5.74, 6) is -0.460. The first-order chi connectivity index (χ1) is 16.1. The molecule has 0 saturated heterocycles. The van der Waals surface area contributed by atoms with Crippen LogP contribution in [0.1, 0.15) is 18.1 Å². The molecule has 0 aliphatic carbocycles. The molecule has 0 bridgehead atoms. The van der Waals surface area contributed by atoms with Gasteiger partial charge in [-0.25, -0.2) is 0 Å². The summed E-state index contributed by atoms with van der Waals surface area (Å²) in [6.45, 7) is 2.18. The van der Waals surface area contributed by atoms with Crippen LogP contribution in [-0.2, 0) is 17.8 Å². The molecule has 4 heteroatoms. The molecule has 0 amide bonds. The van der Waals surface area contributed by atoms with Crippen LogP contribution < -0.4 is 4.74 Å². The summed E-state index contributed by atoms with van der Waals surface area (Å²) < 4.78 is 6.36. The molecular weight excluding hydrogens is 410 g/mol. The summed E-state index contributed by atoms with van der Waals surface area (Å²) in [6, 6.07) is 28.9. The van der Waals surface area contributed by atoms with E-state index in [4.69, 9.17) is 4.74 Å². The molecule has 1 heterocycles. The van der Waals surface area contributed by atoms with E-state index in [2.05, 4.69) is 59.6 Å². The van der Waals surface area contributed by atoms with Gasteiger partial charge in [0.2, 0.25) is 0 Å². The number of carboxylic acids is 1. The summed E-state index contributed by atoms with van der Waals surface area (Å²) in [4.78, 5) is 14.6. The number of hydrogen-bond donors (Lipinski definition) is 2. The van der Waals surface area contributed by atoms with E-state index in [1.807, 2.05) is 36.5 Å². The first-order valence-corrected chi connectivity index (χ1v) is 11.1. The predicted molar refractivity (Wildman–Crippen MR) is 133 cm³/mol. The zero-order valence-corrected chi connectivity index (χ0v) is 18.4. The highest BCUT2D eigenvalue weighted by molar-refractivity contribution is 5.87. The summed E-state index contributed by atoms with van der Waals surface area (Å²) in [5.41, 5.74) is 5.19. The van der Waals surface area contributed by atoms with E-state index in [-0.39, 0.29) is 0 Å². The number of carboxylic acid groups (broad SMARTS) is 1. The number of fused-ring (bicyclic) bond motifs is 2. The van der Waals surface area contributed by atoms with Gasteiger partial charge in [-0.05, 0) is 69.6 Å². The number of carbonyl (C=O) groups is 1. The van der Waals surface area contributed by atoms with Gasteiger partial charge in [0.1, 0.15) is 12.4 Å². The topological polar surface area (TPSA) is 62.3 Å². The zero-order chi connectivity index (χ0) is 22.8. The number of ether oxygens (including phenoxy) is 1. The van der Waals surface area contributed by atoms with Crippen molar-refractivity contribution in [3.63, 3.8) is 0 Å². The molecule has 33 heavy (non-hydrogen) atoms. The van der Waals surface area contributed by atoms with Crippen molar-refractivity contribution in [2.24, 2.45) is 5.92 Å². The maximum absolute atomic E-state index is 11.4. The number of H-pyrrole nitrogens is 1. The van der Waals surface area contributed by atoms with E-state index in [0.717, 1.165) is 38.9 Å². The van der Waals surface area contributed by atoms with Crippen molar-refractivity contribution >= 4 is 27.6 Å². The second kappa shape index (κ2) is 8.83. The molecule has 164 valence electrons. The Bertz CT molecular complexity index is 1440. The summed E-state index contributed by atoms with van der Waals surface area (Å²) in [6.07, 6.45) is 2.40. The van der Waals surface area contributed by atoms with Crippen LogP contribution in [0.5, 0.6) is 5.75 Å². The van der Waals surface area contributed by atoms with Crippen LogP contribution in [0.4, 0.5) is 0 Å². The van der Waals surface area contributed by atoms with E-state index in [1.165, 1.54) is 10.8 Å². The summed E-state index contributed by atoms with van der Waals surface area (Å²) in [5, 5.41) is 12.8. The summed E-state index contributed by atoms with van der Waals surface area (Å²) >= 11 is 0. The first kappa shape index (κ1) is 20.8. The molecule has 4 aromatic carbocycles. The summed E-state index contributed by atoms with van der Waals surface area (Å²) in [7, 11) is 0. The number of nitrogens with one attached hydrogen (secondary N) is 1. The van der Waals surface area contributed by atoms with E-state index in [9.17, 15) is 9.90 Å². The first-order valence-electron chi connectivity index (χ1n) is 11.1. The fourth-order valence-corrected chi connectivity index (χ4v) is 4.29. The van der Waals surface area contributed by atoms with Crippen LogP contribution >= 0.6 is 0 Å². The molecule has 2 N–H and O–H groups in total. The highest BCUT2D eigenvalue weighted by Crippen LogP contribution is 2.34. The minimum Gasteiger partial charge on any atom is -0.488 e. The lowest BCUT2D eigenvalue weighted by atomic mass is 9.96. The van der Waals surface area contributed by atoms with Crippen molar-refractivity contribution in [3.05, 3.63) is 102 Å². The van der Waals surface area contributed by atoms with Crippen molar-refractivity contribution in [3.8, 4) is 16.9 Å². The average molecular weight is 436 g/mol. The Morgan fingerprint density at radius 1 is 0.939 bits per heavy atom. The lowest BCUT2D eigenvalue weighted by Gasteiger charge is -2.16. The van der Waals surface area contributed by atoms with Crippen molar-refractivity contribution in [1.82, 2.24) is 4.98 Å². The van der Waals surface area contributed by atoms with E-state index in [0.29, 0.717) is 13.0 Å². The van der Waals surface area contributed by atoms with Gasteiger partial charge in [-0.2, -0.15) is 0 Å². The largest absolute Gasteiger partial charge is 0.488 e. The highest BCUT2D eigenvalue weighted by atomic mass is 16.5. The number of rotatable bonds is 7. The number of aromatic nitrogens is 1. The molecule has 1 unspecified atom stereocenters. The van der Waals surface area contributed by atoms with Crippen LogP contribution in [0.3, 0.4) is 0 Å². The van der Waals surface area contributed by atoms with Crippen LogP contribution in [0.25, 0.3) is 32.8 Å². The van der Waals surface area contributed by atoms with E-state index in [1.54, 1.807) is 6.92 Å². The fraction of sp³-hybridized carbons (Fsp3) is 0.138. The molecule has 4 nitrogen and oxygen atoms in total. The molecule has 0 radical (unpaired) electrons. The predicted octanol–water partition coefficient (Wildman–Crippen LogP) is 6.83. The highest BCUT2D eigenvalue weighted by Gasteiger charge is 2.15. The monoisotopic (exact) mass is 435 g/mol. The molecule has 0 spiro atoms. The molecule has 0 saturated carbocycles. The van der Waals surface area contributed by atoms with Crippen molar-refractivity contribution in [2.75, 3.05) is 0 Å². The maximum atomic E-state index is 11.4. The Labute approximate surface area is 192 Å². The van der Waals surface area contributed by atoms with Crippen LogP contribution in [0, 0.1) is 5.92 Å². The number of aromatic amines is 1. The van der Waals surface area contributed by atoms with Crippen LogP contribution in [-0.4, -0.2) is 16.1 Å². The van der Waals surface area contributed by atoms with Gasteiger partial charge in [-0.15, -0.1) is 0 Å². The van der Waals surface area contributed by atoms with Gasteiger partial charge in [0.15, 0.2) is 0 Å². The van der Waals surface area contributed by atoms with Gasteiger partial charge in [-0.3, -0.25) is 4.79 Å². The maximum Gasteiger partial charge on any atom is 0.306 e. The van der Waals surface area contributed by atoms with Gasteiger partial charge in [-0.1, -0.05) is 61.5 Å². The number of hydrogen-bond acceptors (Lipinski definition) is 2. The molecule has 5 aromatic rings. The Morgan fingerprint density at radius 2 is 1.79 bits per heavy atom. The second-order valence-electron chi connectivity index (χ2n) is 8.48. The number of aliphatic carboxylic acids is 1. The normalized spacial score (nSPS) is 12.2. The van der Waals surface area contributed by atoms with Crippen LogP contribution in [0.2, 0.25) is 0 Å². The molecule has 0 fully saturated rings. The minimum absolute atomic E-state index is 0.450. The molecular formula is C29H25NO3. The van der Waals surface area contributed by atoms with Gasteiger partial charge in [0.25, 0.3) is 0 Å². The Hall–Kier alpha value is -4.05. The van der Waals surface area contributed by atoms with Gasteiger partial charge < -0.3 is 14.8 Å². The van der Waals surface area contributed by atoms with Gasteiger partial charge in [0.05, 0.1) is 5.92 Å². The standard InChI is InChI=1S/C29H25NO3/c1-19(29(31)32)15-20-9-12-28(26(16-20)22-10-11-27-23(17-22)13-14-30-27)33-18-24-7-4-6-21-5-2-3-8-25(21)24/h2-14,16-17,19,30H,15,18H2,1H3,(H,31,32). The Balaban J connectivity index is 1.52. The van der Waals surface area contributed by atoms with Gasteiger partial charge >= 0.3 is 5.97 Å². The third kappa shape index (κ3) is 4.33. The number of benzene rings is 4. The van der Waals surface area contributed by atoms with Crippen molar-refractivity contribution in [1.29, 1.82) is 0 Å².